The number of aromatic amines is 1. The van der Waals surface area contributed by atoms with Gasteiger partial charge in [-0.05, 0) is 18.2 Å². The van der Waals surface area contributed by atoms with Crippen molar-refractivity contribution in [1.82, 2.24) is 25.3 Å². The second kappa shape index (κ2) is 4.49. The van der Waals surface area contributed by atoms with Crippen molar-refractivity contribution in [1.29, 1.82) is 0 Å². The van der Waals surface area contributed by atoms with Crippen molar-refractivity contribution in [3.63, 3.8) is 0 Å². The molecule has 0 aliphatic rings. The number of aromatic nitrogens is 4. The van der Waals surface area contributed by atoms with Crippen LogP contribution in [0.3, 0.4) is 0 Å². The molecule has 0 unspecified atom stereocenters. The topological polar surface area (TPSA) is 83.6 Å². The van der Waals surface area contributed by atoms with Gasteiger partial charge >= 0.3 is 0 Å². The van der Waals surface area contributed by atoms with Gasteiger partial charge < -0.3 is 10.3 Å². The fourth-order valence-electron chi connectivity index (χ4n) is 1.85. The molecule has 0 bridgehead atoms. The largest absolute Gasteiger partial charge is 0.355 e. The van der Waals surface area contributed by atoms with Crippen LogP contribution in [0.1, 0.15) is 10.4 Å². The average molecular weight is 253 g/mol. The van der Waals surface area contributed by atoms with Crippen molar-refractivity contribution < 1.29 is 4.79 Å². The average Bonchev–Trinajstić information content (AvgIpc) is 2.90. The number of fused-ring (bicyclic) bond motifs is 1. The highest BCUT2D eigenvalue weighted by atomic mass is 16.1. The first-order valence-corrected chi connectivity index (χ1v) is 5.75. The first-order valence-electron chi connectivity index (χ1n) is 5.75. The lowest BCUT2D eigenvalue weighted by Crippen LogP contribution is -2.17. The molecule has 0 saturated heterocycles. The van der Waals surface area contributed by atoms with Gasteiger partial charge in [0.05, 0.1) is 16.6 Å². The number of carbonyl (C=O) groups is 1. The van der Waals surface area contributed by atoms with Crippen LogP contribution in [0.15, 0.2) is 36.9 Å². The summed E-state index contributed by atoms with van der Waals surface area (Å²) in [6.07, 6.45) is 4.84. The van der Waals surface area contributed by atoms with Gasteiger partial charge in [-0.25, -0.2) is 15.0 Å². The zero-order valence-electron chi connectivity index (χ0n) is 10.2. The highest BCUT2D eigenvalue weighted by molar-refractivity contribution is 5.97. The number of hydrogen-bond donors (Lipinski definition) is 2. The van der Waals surface area contributed by atoms with Crippen molar-refractivity contribution >= 4 is 16.9 Å². The zero-order valence-corrected chi connectivity index (χ0v) is 10.2. The number of benzene rings is 1. The normalized spacial score (nSPS) is 10.6. The summed E-state index contributed by atoms with van der Waals surface area (Å²) in [5, 5.41) is 2.59. The molecule has 2 N–H and O–H groups in total. The highest BCUT2D eigenvalue weighted by Gasteiger charge is 2.08. The van der Waals surface area contributed by atoms with E-state index in [4.69, 9.17) is 0 Å². The van der Waals surface area contributed by atoms with Crippen LogP contribution in [-0.4, -0.2) is 32.9 Å². The molecule has 0 saturated carbocycles. The molecule has 3 rings (SSSR count). The number of carbonyl (C=O) groups excluding carboxylic acids is 1. The molecule has 0 radical (unpaired) electrons. The van der Waals surface area contributed by atoms with E-state index in [2.05, 4.69) is 25.3 Å². The number of hydrogen-bond acceptors (Lipinski definition) is 4. The molecular formula is C13H11N5O. The minimum Gasteiger partial charge on any atom is -0.355 e. The first kappa shape index (κ1) is 11.3. The third kappa shape index (κ3) is 2.03. The number of amides is 1. The third-order valence-electron chi connectivity index (χ3n) is 2.81. The van der Waals surface area contributed by atoms with Crippen LogP contribution in [0.5, 0.6) is 0 Å². The summed E-state index contributed by atoms with van der Waals surface area (Å²) < 4.78 is 0. The lowest BCUT2D eigenvalue weighted by molar-refractivity contribution is 0.0963. The van der Waals surface area contributed by atoms with Crippen LogP contribution in [0.4, 0.5) is 0 Å². The quantitative estimate of drug-likeness (QED) is 0.722. The fraction of sp³-hybridized carbons (Fsp3) is 0.0769. The van der Waals surface area contributed by atoms with E-state index < -0.39 is 0 Å². The fourth-order valence-corrected chi connectivity index (χ4v) is 1.85. The Morgan fingerprint density at radius 2 is 2.05 bits per heavy atom. The molecular weight excluding hydrogens is 242 g/mol. The van der Waals surface area contributed by atoms with Crippen molar-refractivity contribution in [3.8, 4) is 11.4 Å². The van der Waals surface area contributed by atoms with Crippen molar-refractivity contribution in [3.05, 3.63) is 42.5 Å². The van der Waals surface area contributed by atoms with Crippen LogP contribution >= 0.6 is 0 Å². The predicted octanol–water partition coefficient (Wildman–Crippen LogP) is 1.38. The van der Waals surface area contributed by atoms with Gasteiger partial charge in [-0.15, -0.1) is 0 Å². The van der Waals surface area contributed by atoms with E-state index in [1.54, 1.807) is 31.6 Å². The molecule has 94 valence electrons. The van der Waals surface area contributed by atoms with E-state index in [-0.39, 0.29) is 5.91 Å². The molecule has 6 nitrogen and oxygen atoms in total. The summed E-state index contributed by atoms with van der Waals surface area (Å²) in [4.78, 5) is 27.1. The third-order valence-corrected chi connectivity index (χ3v) is 2.81. The number of nitrogens with one attached hydrogen (secondary N) is 2. The number of rotatable bonds is 2. The Morgan fingerprint density at radius 1 is 1.26 bits per heavy atom. The van der Waals surface area contributed by atoms with E-state index >= 15 is 0 Å². The summed E-state index contributed by atoms with van der Waals surface area (Å²) in [5.74, 6) is 0.561. The van der Waals surface area contributed by atoms with Crippen LogP contribution < -0.4 is 5.32 Å². The molecule has 19 heavy (non-hydrogen) atoms. The minimum absolute atomic E-state index is 0.124. The van der Waals surface area contributed by atoms with Crippen LogP contribution in [0.2, 0.25) is 0 Å². The van der Waals surface area contributed by atoms with Crippen molar-refractivity contribution in [2.24, 2.45) is 0 Å². The minimum atomic E-state index is -0.124. The van der Waals surface area contributed by atoms with Crippen LogP contribution in [0, 0.1) is 0 Å². The maximum atomic E-state index is 11.6. The Bertz CT molecular complexity index is 735. The second-order valence-corrected chi connectivity index (χ2v) is 4.02. The van der Waals surface area contributed by atoms with E-state index in [0.717, 1.165) is 16.6 Å². The molecule has 0 atom stereocenters. The number of H-pyrrole nitrogens is 1. The molecule has 1 amide bonds. The maximum Gasteiger partial charge on any atom is 0.251 e. The summed E-state index contributed by atoms with van der Waals surface area (Å²) in [6, 6.07) is 5.32. The van der Waals surface area contributed by atoms with Gasteiger partial charge in [0.25, 0.3) is 5.91 Å². The van der Waals surface area contributed by atoms with Gasteiger partial charge in [0.2, 0.25) is 0 Å². The van der Waals surface area contributed by atoms with E-state index in [0.29, 0.717) is 11.4 Å². The molecule has 0 aliphatic heterocycles. The SMILES string of the molecule is CNC(=O)c1ccc2nc(-c3cncnc3)[nH]c2c1. The summed E-state index contributed by atoms with van der Waals surface area (Å²) >= 11 is 0. The zero-order chi connectivity index (χ0) is 13.2. The summed E-state index contributed by atoms with van der Waals surface area (Å²) in [7, 11) is 1.60. The van der Waals surface area contributed by atoms with Crippen molar-refractivity contribution in [2.45, 2.75) is 0 Å². The van der Waals surface area contributed by atoms with Crippen LogP contribution in [-0.2, 0) is 0 Å². The lowest BCUT2D eigenvalue weighted by Gasteiger charge is -1.98. The van der Waals surface area contributed by atoms with E-state index in [1.165, 1.54) is 6.33 Å². The Hall–Kier alpha value is -2.76. The van der Waals surface area contributed by atoms with Gasteiger partial charge in [0.1, 0.15) is 12.2 Å². The monoisotopic (exact) mass is 253 g/mol. The molecule has 0 aliphatic carbocycles. The molecule has 3 aromatic rings. The number of nitrogens with zero attached hydrogens (tertiary/aromatic N) is 3. The molecule has 0 spiro atoms. The Balaban J connectivity index is 2.09. The smallest absolute Gasteiger partial charge is 0.251 e. The Morgan fingerprint density at radius 3 is 2.79 bits per heavy atom. The molecule has 0 fully saturated rings. The lowest BCUT2D eigenvalue weighted by atomic mass is 10.2. The highest BCUT2D eigenvalue weighted by Crippen LogP contribution is 2.19. The molecule has 1 aromatic carbocycles. The van der Waals surface area contributed by atoms with Gasteiger partial charge in [0.15, 0.2) is 0 Å². The summed E-state index contributed by atoms with van der Waals surface area (Å²) in [6.45, 7) is 0. The Kier molecular flexibility index (Phi) is 2.68. The predicted molar refractivity (Wildman–Crippen MR) is 70.5 cm³/mol. The first-order chi connectivity index (χ1) is 9.28. The Labute approximate surface area is 108 Å². The molecule has 2 heterocycles. The van der Waals surface area contributed by atoms with Gasteiger partial charge in [0, 0.05) is 25.0 Å². The van der Waals surface area contributed by atoms with Gasteiger partial charge in [-0.1, -0.05) is 0 Å². The van der Waals surface area contributed by atoms with Crippen LogP contribution in [0.25, 0.3) is 22.4 Å². The van der Waals surface area contributed by atoms with Gasteiger partial charge in [-0.3, -0.25) is 4.79 Å². The second-order valence-electron chi connectivity index (χ2n) is 4.02. The summed E-state index contributed by atoms with van der Waals surface area (Å²) in [5.41, 5.74) is 3.00. The standard InChI is InChI=1S/C13H11N5O/c1-14-13(19)8-2-3-10-11(4-8)18-12(17-10)9-5-15-7-16-6-9/h2-7H,1H3,(H,14,19)(H,17,18). The molecule has 6 heteroatoms. The van der Waals surface area contributed by atoms with E-state index in [9.17, 15) is 4.79 Å². The maximum absolute atomic E-state index is 11.6. The number of imidazole rings is 1. The van der Waals surface area contributed by atoms with E-state index in [1.807, 2.05) is 6.07 Å². The van der Waals surface area contributed by atoms with Crippen molar-refractivity contribution in [2.75, 3.05) is 7.05 Å². The van der Waals surface area contributed by atoms with Gasteiger partial charge in [-0.2, -0.15) is 0 Å². The molecule has 2 aromatic heterocycles.